The van der Waals surface area contributed by atoms with Crippen molar-refractivity contribution in [3.63, 3.8) is 0 Å². The van der Waals surface area contributed by atoms with Crippen LogP contribution in [0.4, 0.5) is 0 Å². The highest BCUT2D eigenvalue weighted by atomic mass is 31.1. The number of hydrogen-bond acceptors (Lipinski definition) is 4. The van der Waals surface area contributed by atoms with Gasteiger partial charge in [-0.2, -0.15) is 0 Å². The Hall–Kier alpha value is -0.480. The molecule has 0 aromatic heterocycles. The van der Waals surface area contributed by atoms with Gasteiger partial charge in [-0.1, -0.05) is 0 Å². The number of carboxylic acid groups (broad SMARTS) is 1. The number of aliphatic carboxylic acids is 1. The molecule has 0 spiro atoms. The molecular formula is C6H11N2O3P. The third kappa shape index (κ3) is 1.25. The van der Waals surface area contributed by atoms with Crippen LogP contribution in [0, 0.1) is 0 Å². The quantitative estimate of drug-likeness (QED) is 0.462. The van der Waals surface area contributed by atoms with Gasteiger partial charge in [-0.25, -0.2) is 4.79 Å². The van der Waals surface area contributed by atoms with Crippen molar-refractivity contribution >= 4 is 19.0 Å². The van der Waals surface area contributed by atoms with Crippen LogP contribution in [-0.4, -0.2) is 28.2 Å². The maximum Gasteiger partial charge on any atom is 0.379 e. The Morgan fingerprint density at radius 3 is 2.67 bits per heavy atom. The molecule has 5 N–H and O–H groups in total. The van der Waals surface area contributed by atoms with Gasteiger partial charge in [0.05, 0.1) is 0 Å². The molecule has 0 amide bonds. The Labute approximate surface area is 70.8 Å². The lowest BCUT2D eigenvalue weighted by atomic mass is 10.1. The second kappa shape index (κ2) is 3.11. The molecular weight excluding hydrogens is 179 g/mol. The highest BCUT2D eigenvalue weighted by Crippen LogP contribution is 2.50. The fourth-order valence-electron chi connectivity index (χ4n) is 1.06. The van der Waals surface area contributed by atoms with Crippen LogP contribution in [0.2, 0.25) is 0 Å². The highest BCUT2D eigenvalue weighted by molar-refractivity contribution is 7.67. The maximum absolute atomic E-state index is 11.1. The molecule has 0 bridgehead atoms. The lowest BCUT2D eigenvalue weighted by Crippen LogP contribution is -2.40. The number of carbonyl (C=O) groups is 1. The van der Waals surface area contributed by atoms with Crippen molar-refractivity contribution in [1.82, 2.24) is 0 Å². The van der Waals surface area contributed by atoms with E-state index in [1.807, 2.05) is 0 Å². The second-order valence-electron chi connectivity index (χ2n) is 2.70. The van der Waals surface area contributed by atoms with Crippen LogP contribution >= 0.6 is 7.77 Å². The average molecular weight is 190 g/mol. The summed E-state index contributed by atoms with van der Waals surface area (Å²) in [7, 11) is -1.84. The summed E-state index contributed by atoms with van der Waals surface area (Å²) in [6, 6.07) is 0. The zero-order chi connectivity index (χ0) is 9.35. The van der Waals surface area contributed by atoms with Crippen LogP contribution in [-0.2, 0) is 4.79 Å². The molecule has 2 unspecified atom stereocenters. The smallest absolute Gasteiger partial charge is 0.379 e. The largest absolute Gasteiger partial charge is 0.628 e. The first-order chi connectivity index (χ1) is 5.55. The molecule has 1 aliphatic rings. The fraction of sp³-hybridized carbons (Fsp3) is 0.667. The molecule has 12 heavy (non-hydrogen) atoms. The molecule has 0 saturated heterocycles. The van der Waals surface area contributed by atoms with Crippen LogP contribution in [0.5, 0.6) is 0 Å². The maximum atomic E-state index is 11.1. The molecule has 1 heterocycles. The molecule has 1 rings (SSSR count). The van der Waals surface area contributed by atoms with Gasteiger partial charge < -0.3 is 15.7 Å². The van der Waals surface area contributed by atoms with E-state index < -0.39 is 19.0 Å². The van der Waals surface area contributed by atoms with E-state index in [2.05, 4.69) is 0 Å². The van der Waals surface area contributed by atoms with Gasteiger partial charge in [-0.05, 0) is 13.0 Å². The van der Waals surface area contributed by atoms with Gasteiger partial charge >= 0.3 is 11.2 Å². The summed E-state index contributed by atoms with van der Waals surface area (Å²) in [5.74, 6) is -1.20. The lowest BCUT2D eigenvalue weighted by Gasteiger charge is -1.97. The van der Waals surface area contributed by atoms with Crippen LogP contribution in [0.25, 0.3) is 0 Å². The Bertz CT molecular complexity index is 253. The summed E-state index contributed by atoms with van der Waals surface area (Å²) in [5.41, 5.74) is 10.6. The van der Waals surface area contributed by atoms with E-state index >= 15 is 0 Å². The van der Waals surface area contributed by atoms with Crippen molar-refractivity contribution in [2.24, 2.45) is 11.5 Å². The number of nitrogens with two attached hydrogens (primary N) is 2. The topological polar surface area (TPSA) is 112 Å². The average Bonchev–Trinajstić information content (AvgIpc) is 2.54. The van der Waals surface area contributed by atoms with E-state index in [9.17, 15) is 9.69 Å². The zero-order valence-electron chi connectivity index (χ0n) is 6.49. The molecule has 0 radical (unpaired) electrons. The SMILES string of the molecule is NCCCC1=[P+]([O-])C1(N)C(=O)O. The molecule has 0 aliphatic carbocycles. The van der Waals surface area contributed by atoms with E-state index in [0.29, 0.717) is 24.7 Å². The minimum Gasteiger partial charge on any atom is -0.628 e. The number of hydrogen-bond donors (Lipinski definition) is 3. The third-order valence-corrected chi connectivity index (χ3v) is 3.84. The van der Waals surface area contributed by atoms with E-state index in [4.69, 9.17) is 16.6 Å². The van der Waals surface area contributed by atoms with E-state index in [-0.39, 0.29) is 0 Å². The van der Waals surface area contributed by atoms with Crippen molar-refractivity contribution < 1.29 is 14.8 Å². The summed E-state index contributed by atoms with van der Waals surface area (Å²) >= 11 is 0. The molecule has 68 valence electrons. The predicted octanol–water partition coefficient (Wildman–Crippen LogP) is -1.59. The highest BCUT2D eigenvalue weighted by Gasteiger charge is 2.65. The van der Waals surface area contributed by atoms with Gasteiger partial charge in [0, 0.05) is 6.42 Å². The van der Waals surface area contributed by atoms with Crippen LogP contribution in [0.3, 0.4) is 0 Å². The Kier molecular flexibility index (Phi) is 2.49. The minimum absolute atomic E-state index is 0.440. The molecule has 0 aromatic carbocycles. The summed E-state index contributed by atoms with van der Waals surface area (Å²) in [6.07, 6.45) is 1.11. The second-order valence-corrected chi connectivity index (χ2v) is 4.54. The first kappa shape index (κ1) is 9.61. The van der Waals surface area contributed by atoms with Crippen molar-refractivity contribution in [3.8, 4) is 0 Å². The third-order valence-electron chi connectivity index (χ3n) is 1.90. The molecule has 0 aromatic rings. The Morgan fingerprint density at radius 1 is 1.75 bits per heavy atom. The van der Waals surface area contributed by atoms with Gasteiger partial charge in [0.25, 0.3) is 0 Å². The summed E-state index contributed by atoms with van der Waals surface area (Å²) in [5, 5.41) is 7.49. The van der Waals surface area contributed by atoms with Gasteiger partial charge in [0.1, 0.15) is 7.77 Å². The monoisotopic (exact) mass is 190 g/mol. The number of rotatable bonds is 4. The van der Waals surface area contributed by atoms with Crippen molar-refractivity contribution in [2.45, 2.75) is 18.1 Å². The van der Waals surface area contributed by atoms with E-state index in [1.165, 1.54) is 0 Å². The molecule has 0 fully saturated rings. The molecule has 0 saturated carbocycles. The Balaban J connectivity index is 2.54. The zero-order valence-corrected chi connectivity index (χ0v) is 7.38. The molecule has 2 atom stereocenters. The van der Waals surface area contributed by atoms with Gasteiger partial charge in [-0.3, -0.25) is 5.73 Å². The van der Waals surface area contributed by atoms with Crippen molar-refractivity contribution in [1.29, 1.82) is 0 Å². The standard InChI is InChI=1S/C6H11N2O3P/c7-3-1-2-4-6(8,5(9)10)12(4)11/h1-3,7-8H2,(H,9,10). The number of carboxylic acids is 1. The summed E-state index contributed by atoms with van der Waals surface area (Å²) in [4.78, 5) is 21.6. The van der Waals surface area contributed by atoms with Gasteiger partial charge in [0.15, 0.2) is 5.29 Å². The summed E-state index contributed by atoms with van der Waals surface area (Å²) in [6.45, 7) is 0.461. The molecule has 1 aliphatic heterocycles. The van der Waals surface area contributed by atoms with Crippen LogP contribution in [0.1, 0.15) is 12.8 Å². The molecule has 6 heteroatoms. The summed E-state index contributed by atoms with van der Waals surface area (Å²) < 4.78 is 0. The van der Waals surface area contributed by atoms with E-state index in [1.54, 1.807) is 0 Å². The predicted molar refractivity (Wildman–Crippen MR) is 44.8 cm³/mol. The molecule has 5 nitrogen and oxygen atoms in total. The van der Waals surface area contributed by atoms with Crippen LogP contribution < -0.4 is 16.4 Å². The lowest BCUT2D eigenvalue weighted by molar-refractivity contribution is -0.156. The first-order valence-electron chi connectivity index (χ1n) is 3.61. The van der Waals surface area contributed by atoms with Gasteiger partial charge in [-0.15, -0.1) is 0 Å². The normalized spacial score (nSPS) is 30.6. The van der Waals surface area contributed by atoms with Crippen molar-refractivity contribution in [2.75, 3.05) is 6.54 Å². The minimum atomic E-state index is -1.84. The first-order valence-corrected chi connectivity index (χ1v) is 4.87. The Morgan fingerprint density at radius 2 is 2.33 bits per heavy atom. The fourth-order valence-corrected chi connectivity index (χ4v) is 2.50. The van der Waals surface area contributed by atoms with Gasteiger partial charge in [0.2, 0.25) is 0 Å². The van der Waals surface area contributed by atoms with E-state index in [0.717, 1.165) is 0 Å². The van der Waals surface area contributed by atoms with Crippen molar-refractivity contribution in [3.05, 3.63) is 0 Å². The van der Waals surface area contributed by atoms with Crippen LogP contribution in [0.15, 0.2) is 0 Å².